The van der Waals surface area contributed by atoms with Crippen molar-refractivity contribution in [3.05, 3.63) is 0 Å². The van der Waals surface area contributed by atoms with Gasteiger partial charge >= 0.3 is 7.82 Å². The molecule has 0 spiro atoms. The van der Waals surface area contributed by atoms with Crippen molar-refractivity contribution in [3.63, 3.8) is 0 Å². The summed E-state index contributed by atoms with van der Waals surface area (Å²) in [5.41, 5.74) is 0. The van der Waals surface area contributed by atoms with E-state index in [9.17, 15) is 4.57 Å². The lowest BCUT2D eigenvalue weighted by molar-refractivity contribution is 0.0420. The van der Waals surface area contributed by atoms with Gasteiger partial charge < -0.3 is 15.1 Å². The first-order chi connectivity index (χ1) is 5.91. The van der Waals surface area contributed by atoms with Crippen LogP contribution in [0.1, 0.15) is 13.8 Å². The van der Waals surface area contributed by atoms with Crippen LogP contribution in [-0.4, -0.2) is 40.5 Å². The minimum absolute atomic E-state index is 0.374. The summed E-state index contributed by atoms with van der Waals surface area (Å²) < 4.78 is 20.0. The van der Waals surface area contributed by atoms with Crippen molar-refractivity contribution in [2.24, 2.45) is 0 Å². The molecule has 0 rings (SSSR count). The summed E-state index contributed by atoms with van der Waals surface area (Å²) in [5.74, 6) is 0. The summed E-state index contributed by atoms with van der Waals surface area (Å²) in [5, 5.41) is 17.1. The smallest absolute Gasteiger partial charge is 0.394 e. The van der Waals surface area contributed by atoms with Crippen LogP contribution < -0.4 is 0 Å². The van der Waals surface area contributed by atoms with E-state index >= 15 is 0 Å². The van der Waals surface area contributed by atoms with Crippen molar-refractivity contribution >= 4 is 7.82 Å². The highest BCUT2D eigenvalue weighted by Gasteiger charge is 2.26. The Kier molecular flexibility index (Phi) is 5.71. The molecule has 0 aliphatic heterocycles. The molecule has 0 heterocycles. The van der Waals surface area contributed by atoms with Crippen LogP contribution >= 0.6 is 7.82 Å². The van der Waals surface area contributed by atoms with Crippen molar-refractivity contribution in [2.75, 3.05) is 13.2 Å². The van der Waals surface area contributed by atoms with Gasteiger partial charge in [0.2, 0.25) is 0 Å². The highest BCUT2D eigenvalue weighted by molar-refractivity contribution is 7.47. The Balaban J connectivity index is 4.00. The summed E-state index contributed by atoms with van der Waals surface area (Å²) in [6.45, 7) is 2.11. The predicted octanol–water partition coefficient (Wildman–Crippen LogP) is -0.118. The Bertz CT molecular complexity index is 168. The average molecular weight is 214 g/mol. The van der Waals surface area contributed by atoms with Gasteiger partial charge in [0, 0.05) is 0 Å². The zero-order chi connectivity index (χ0) is 10.5. The van der Waals surface area contributed by atoms with E-state index in [1.165, 1.54) is 13.8 Å². The molecule has 0 amide bonds. The Morgan fingerprint density at radius 1 is 1.15 bits per heavy atom. The van der Waals surface area contributed by atoms with Crippen LogP contribution in [0.25, 0.3) is 0 Å². The molecule has 7 heteroatoms. The van der Waals surface area contributed by atoms with Gasteiger partial charge in [0.15, 0.2) is 0 Å². The van der Waals surface area contributed by atoms with Gasteiger partial charge in [-0.1, -0.05) is 0 Å². The lowest BCUT2D eigenvalue weighted by Crippen LogP contribution is -2.16. The predicted molar refractivity (Wildman–Crippen MR) is 45.1 cm³/mol. The Hall–Kier alpha value is 0.0300. The summed E-state index contributed by atoms with van der Waals surface area (Å²) in [6.07, 6.45) is -1.55. The summed E-state index contributed by atoms with van der Waals surface area (Å²) in [7, 11) is -4.16. The second-order valence-corrected chi connectivity index (χ2v) is 4.02. The van der Waals surface area contributed by atoms with E-state index in [0.717, 1.165) is 0 Å². The van der Waals surface area contributed by atoms with Crippen LogP contribution in [-0.2, 0) is 13.6 Å². The zero-order valence-corrected chi connectivity index (χ0v) is 8.48. The van der Waals surface area contributed by atoms with Gasteiger partial charge in [0.05, 0.1) is 25.4 Å². The third-order valence-electron chi connectivity index (χ3n) is 1.14. The minimum atomic E-state index is -4.16. The van der Waals surface area contributed by atoms with Crippen molar-refractivity contribution < 1.29 is 28.7 Å². The molecule has 0 radical (unpaired) electrons. The SMILES string of the molecule is CC(CO)OP(=O)(O)OC(C)CO. The van der Waals surface area contributed by atoms with Gasteiger partial charge in [-0.2, -0.15) is 0 Å². The standard InChI is InChI=1S/C6H15O6P/c1-5(3-7)11-13(9,10)12-6(2)4-8/h5-8H,3-4H2,1-2H3,(H,9,10). The first-order valence-corrected chi connectivity index (χ1v) is 5.32. The fraction of sp³-hybridized carbons (Fsp3) is 1.00. The summed E-state index contributed by atoms with van der Waals surface area (Å²) in [6, 6.07) is 0. The molecular weight excluding hydrogens is 199 g/mol. The zero-order valence-electron chi connectivity index (χ0n) is 7.58. The topological polar surface area (TPSA) is 96.2 Å². The van der Waals surface area contributed by atoms with Crippen molar-refractivity contribution in [3.8, 4) is 0 Å². The number of rotatable bonds is 6. The molecular formula is C6H15O6P. The van der Waals surface area contributed by atoms with Gasteiger partial charge in [-0.3, -0.25) is 9.05 Å². The molecule has 0 aliphatic rings. The van der Waals surface area contributed by atoms with E-state index in [-0.39, 0.29) is 13.2 Å². The van der Waals surface area contributed by atoms with Crippen LogP contribution in [0.3, 0.4) is 0 Å². The maximum atomic E-state index is 11.0. The minimum Gasteiger partial charge on any atom is -0.394 e. The largest absolute Gasteiger partial charge is 0.472 e. The molecule has 0 aromatic carbocycles. The van der Waals surface area contributed by atoms with E-state index in [0.29, 0.717) is 0 Å². The maximum absolute atomic E-state index is 11.0. The number of phosphoric ester groups is 1. The highest BCUT2D eigenvalue weighted by Crippen LogP contribution is 2.45. The van der Waals surface area contributed by atoms with E-state index in [2.05, 4.69) is 9.05 Å². The summed E-state index contributed by atoms with van der Waals surface area (Å²) in [4.78, 5) is 9.01. The molecule has 0 aliphatic carbocycles. The normalized spacial score (nSPS) is 20.7. The van der Waals surface area contributed by atoms with Gasteiger partial charge in [-0.05, 0) is 13.8 Å². The lowest BCUT2D eigenvalue weighted by Gasteiger charge is -2.18. The Morgan fingerprint density at radius 2 is 1.46 bits per heavy atom. The molecule has 0 saturated carbocycles. The van der Waals surface area contributed by atoms with Crippen molar-refractivity contribution in [2.45, 2.75) is 26.1 Å². The molecule has 2 atom stereocenters. The quantitative estimate of drug-likeness (QED) is 0.533. The Morgan fingerprint density at radius 3 is 1.69 bits per heavy atom. The summed E-state index contributed by atoms with van der Waals surface area (Å²) >= 11 is 0. The van der Waals surface area contributed by atoms with Gasteiger partial charge in [0.25, 0.3) is 0 Å². The lowest BCUT2D eigenvalue weighted by atomic mass is 10.5. The highest BCUT2D eigenvalue weighted by atomic mass is 31.2. The first-order valence-electron chi connectivity index (χ1n) is 3.82. The van der Waals surface area contributed by atoms with E-state index in [1.54, 1.807) is 0 Å². The first kappa shape index (κ1) is 13.0. The molecule has 0 aromatic rings. The maximum Gasteiger partial charge on any atom is 0.472 e. The van der Waals surface area contributed by atoms with Crippen LogP contribution in [0, 0.1) is 0 Å². The fourth-order valence-electron chi connectivity index (χ4n) is 0.546. The van der Waals surface area contributed by atoms with Crippen LogP contribution in [0.2, 0.25) is 0 Å². The molecule has 0 bridgehead atoms. The monoisotopic (exact) mass is 214 g/mol. The van der Waals surface area contributed by atoms with Gasteiger partial charge in [0.1, 0.15) is 0 Å². The Labute approximate surface area is 76.7 Å². The van der Waals surface area contributed by atoms with Gasteiger partial charge in [-0.25, -0.2) is 4.57 Å². The molecule has 0 saturated heterocycles. The molecule has 3 N–H and O–H groups in total. The molecule has 0 fully saturated rings. The van der Waals surface area contributed by atoms with Crippen LogP contribution in [0.4, 0.5) is 0 Å². The van der Waals surface area contributed by atoms with E-state index < -0.39 is 20.0 Å². The average Bonchev–Trinajstić information content (AvgIpc) is 2.02. The number of aliphatic hydroxyl groups is 2. The fourth-order valence-corrected chi connectivity index (χ4v) is 1.64. The van der Waals surface area contributed by atoms with Gasteiger partial charge in [-0.15, -0.1) is 0 Å². The van der Waals surface area contributed by atoms with Crippen LogP contribution in [0.5, 0.6) is 0 Å². The second-order valence-electron chi connectivity index (χ2n) is 2.67. The number of hydrogen-bond donors (Lipinski definition) is 3. The van der Waals surface area contributed by atoms with Crippen LogP contribution in [0.15, 0.2) is 0 Å². The van der Waals surface area contributed by atoms with Crippen molar-refractivity contribution in [1.82, 2.24) is 0 Å². The van der Waals surface area contributed by atoms with Crippen molar-refractivity contribution in [1.29, 1.82) is 0 Å². The number of hydrogen-bond acceptors (Lipinski definition) is 5. The van der Waals surface area contributed by atoms with E-state index in [4.69, 9.17) is 15.1 Å². The third kappa shape index (κ3) is 6.15. The van der Waals surface area contributed by atoms with E-state index in [1.807, 2.05) is 0 Å². The number of aliphatic hydroxyl groups excluding tert-OH is 2. The molecule has 0 aromatic heterocycles. The second kappa shape index (κ2) is 5.70. The number of phosphoric acid groups is 1. The third-order valence-corrected chi connectivity index (χ3v) is 2.39. The molecule has 13 heavy (non-hydrogen) atoms. The molecule has 2 unspecified atom stereocenters. The molecule has 6 nitrogen and oxygen atoms in total. The molecule has 80 valence electrons.